The molecule has 0 aliphatic rings. The number of allylic oxidation sites excluding steroid dienone is 1. The number of ether oxygens (including phenoxy) is 2. The molecular weight excluding hydrogens is 409 g/mol. The number of halogens is 1. The van der Waals surface area contributed by atoms with Crippen LogP contribution in [0.15, 0.2) is 47.1 Å². The molecule has 0 aliphatic carbocycles. The Kier molecular flexibility index (Phi) is 8.06. The van der Waals surface area contributed by atoms with Gasteiger partial charge in [0.1, 0.15) is 17.1 Å². The molecule has 0 fully saturated rings. The molecule has 0 saturated carbocycles. The molecule has 1 heterocycles. The number of carbonyl (C=O) groups is 1. The van der Waals surface area contributed by atoms with Crippen LogP contribution in [0.2, 0.25) is 0 Å². The summed E-state index contributed by atoms with van der Waals surface area (Å²) in [5.41, 5.74) is 4.90. The summed E-state index contributed by atoms with van der Waals surface area (Å²) < 4.78 is 30.5. The van der Waals surface area contributed by atoms with E-state index in [-0.39, 0.29) is 11.7 Å². The Labute approximate surface area is 188 Å². The van der Waals surface area contributed by atoms with E-state index in [1.54, 1.807) is 24.5 Å². The van der Waals surface area contributed by atoms with E-state index in [0.29, 0.717) is 37.7 Å². The van der Waals surface area contributed by atoms with Gasteiger partial charge in [0.25, 0.3) is 0 Å². The molecule has 0 bridgehead atoms. The minimum atomic E-state index is -0.289. The quantitative estimate of drug-likeness (QED) is 0.316. The second kappa shape index (κ2) is 11.0. The highest BCUT2D eigenvalue weighted by atomic mass is 19.1. The molecule has 0 radical (unpaired) electrons. The van der Waals surface area contributed by atoms with Gasteiger partial charge in [0.2, 0.25) is 5.91 Å². The summed E-state index contributed by atoms with van der Waals surface area (Å²) >= 11 is 0. The highest BCUT2D eigenvalue weighted by Gasteiger charge is 2.19. The standard InChI is InChI=1S/C26H30FNO4/c1-5-30-13-7-12-28-24(29)14-17(3)21-15-22-23(19-8-10-20(27)11-9-19)16-32-26(22)18(4)25(21)31-6-2/h8-11,14-16H,5-7,12-13H2,1-4H3,(H,28,29)/b17-14+. The summed E-state index contributed by atoms with van der Waals surface area (Å²) in [4.78, 5) is 12.4. The number of nitrogens with one attached hydrogen (secondary N) is 1. The van der Waals surface area contributed by atoms with Crippen molar-refractivity contribution in [3.05, 3.63) is 59.6 Å². The molecule has 5 nitrogen and oxygen atoms in total. The van der Waals surface area contributed by atoms with Crippen LogP contribution in [0, 0.1) is 12.7 Å². The van der Waals surface area contributed by atoms with Crippen LogP contribution in [0.1, 0.15) is 38.3 Å². The lowest BCUT2D eigenvalue weighted by molar-refractivity contribution is -0.116. The number of furan rings is 1. The maximum atomic E-state index is 13.4. The SMILES string of the molecule is CCOCCCNC(=O)/C=C(\C)c1cc2c(-c3ccc(F)cc3)coc2c(C)c1OCC. The van der Waals surface area contributed by atoms with Crippen molar-refractivity contribution in [2.45, 2.75) is 34.1 Å². The van der Waals surface area contributed by atoms with Gasteiger partial charge in [0.05, 0.1) is 12.9 Å². The molecule has 32 heavy (non-hydrogen) atoms. The Bertz CT molecular complexity index is 1100. The van der Waals surface area contributed by atoms with Crippen LogP contribution in [0.5, 0.6) is 5.75 Å². The highest BCUT2D eigenvalue weighted by Crippen LogP contribution is 2.40. The topological polar surface area (TPSA) is 60.7 Å². The molecule has 2 aromatic carbocycles. The fourth-order valence-electron chi connectivity index (χ4n) is 3.65. The van der Waals surface area contributed by atoms with Crippen molar-refractivity contribution < 1.29 is 23.1 Å². The number of aryl methyl sites for hydroxylation is 1. The van der Waals surface area contributed by atoms with Crippen LogP contribution in [0.4, 0.5) is 4.39 Å². The van der Waals surface area contributed by atoms with E-state index in [1.807, 2.05) is 33.8 Å². The maximum Gasteiger partial charge on any atom is 0.244 e. The molecule has 170 valence electrons. The van der Waals surface area contributed by atoms with Gasteiger partial charge in [-0.25, -0.2) is 4.39 Å². The molecular formula is C26H30FNO4. The molecule has 3 rings (SSSR count). The number of benzene rings is 2. The van der Waals surface area contributed by atoms with Crippen LogP contribution in [0.3, 0.4) is 0 Å². The number of hydrogen-bond donors (Lipinski definition) is 1. The predicted octanol–water partition coefficient (Wildman–Crippen LogP) is 5.89. The third-order valence-electron chi connectivity index (χ3n) is 5.23. The lowest BCUT2D eigenvalue weighted by atomic mass is 9.96. The van der Waals surface area contributed by atoms with Crippen molar-refractivity contribution in [3.8, 4) is 16.9 Å². The van der Waals surface area contributed by atoms with Crippen molar-refractivity contribution in [1.29, 1.82) is 0 Å². The first-order valence-electron chi connectivity index (χ1n) is 10.9. The fourth-order valence-corrected chi connectivity index (χ4v) is 3.65. The number of hydrogen-bond acceptors (Lipinski definition) is 4. The van der Waals surface area contributed by atoms with Gasteiger partial charge in [-0.2, -0.15) is 0 Å². The van der Waals surface area contributed by atoms with Crippen molar-refractivity contribution in [2.75, 3.05) is 26.4 Å². The van der Waals surface area contributed by atoms with E-state index >= 15 is 0 Å². The summed E-state index contributed by atoms with van der Waals surface area (Å²) in [6.45, 7) is 10.0. The molecule has 6 heteroatoms. The lowest BCUT2D eigenvalue weighted by Gasteiger charge is -2.15. The van der Waals surface area contributed by atoms with E-state index in [4.69, 9.17) is 13.9 Å². The lowest BCUT2D eigenvalue weighted by Crippen LogP contribution is -2.23. The van der Waals surface area contributed by atoms with Crippen LogP contribution in [0.25, 0.3) is 27.7 Å². The summed E-state index contributed by atoms with van der Waals surface area (Å²) in [6.07, 6.45) is 4.02. The summed E-state index contributed by atoms with van der Waals surface area (Å²) in [5.74, 6) is 0.242. The zero-order valence-corrected chi connectivity index (χ0v) is 19.1. The number of rotatable bonds is 10. The molecule has 0 unspecified atom stereocenters. The molecule has 0 aliphatic heterocycles. The Balaban J connectivity index is 1.97. The van der Waals surface area contributed by atoms with Crippen LogP contribution < -0.4 is 10.1 Å². The van der Waals surface area contributed by atoms with Gasteiger partial charge in [0, 0.05) is 47.9 Å². The number of fused-ring (bicyclic) bond motifs is 1. The minimum Gasteiger partial charge on any atom is -0.493 e. The van der Waals surface area contributed by atoms with Crippen LogP contribution in [-0.2, 0) is 9.53 Å². The van der Waals surface area contributed by atoms with Crippen molar-refractivity contribution in [2.24, 2.45) is 0 Å². The Morgan fingerprint density at radius 1 is 1.19 bits per heavy atom. The van der Waals surface area contributed by atoms with Gasteiger partial charge in [0.15, 0.2) is 0 Å². The minimum absolute atomic E-state index is 0.162. The van der Waals surface area contributed by atoms with Gasteiger partial charge in [-0.3, -0.25) is 4.79 Å². The van der Waals surface area contributed by atoms with E-state index in [1.165, 1.54) is 12.1 Å². The molecule has 1 aromatic heterocycles. The molecule has 0 saturated heterocycles. The smallest absolute Gasteiger partial charge is 0.244 e. The van der Waals surface area contributed by atoms with E-state index in [0.717, 1.165) is 39.6 Å². The van der Waals surface area contributed by atoms with Gasteiger partial charge in [-0.1, -0.05) is 12.1 Å². The Hall–Kier alpha value is -3.12. The second-order valence-corrected chi connectivity index (χ2v) is 7.51. The van der Waals surface area contributed by atoms with E-state index in [9.17, 15) is 9.18 Å². The molecule has 0 atom stereocenters. The first-order chi connectivity index (χ1) is 15.5. The average molecular weight is 440 g/mol. The molecule has 1 amide bonds. The molecule has 0 spiro atoms. The molecule has 3 aromatic rings. The molecule has 1 N–H and O–H groups in total. The van der Waals surface area contributed by atoms with Crippen molar-refractivity contribution >= 4 is 22.4 Å². The Morgan fingerprint density at radius 2 is 1.94 bits per heavy atom. The number of amides is 1. The first-order valence-corrected chi connectivity index (χ1v) is 10.9. The second-order valence-electron chi connectivity index (χ2n) is 7.51. The predicted molar refractivity (Wildman–Crippen MR) is 125 cm³/mol. The van der Waals surface area contributed by atoms with Gasteiger partial charge in [-0.15, -0.1) is 0 Å². The highest BCUT2D eigenvalue weighted by molar-refractivity contribution is 6.01. The average Bonchev–Trinajstić information content (AvgIpc) is 3.20. The van der Waals surface area contributed by atoms with E-state index in [2.05, 4.69) is 5.32 Å². The van der Waals surface area contributed by atoms with Crippen LogP contribution in [-0.4, -0.2) is 32.3 Å². The van der Waals surface area contributed by atoms with Crippen LogP contribution >= 0.6 is 0 Å². The summed E-state index contributed by atoms with van der Waals surface area (Å²) in [6, 6.07) is 8.28. The largest absolute Gasteiger partial charge is 0.493 e. The maximum absolute atomic E-state index is 13.4. The van der Waals surface area contributed by atoms with Gasteiger partial charge < -0.3 is 19.2 Å². The zero-order valence-electron chi connectivity index (χ0n) is 19.1. The summed E-state index contributed by atoms with van der Waals surface area (Å²) in [7, 11) is 0. The Morgan fingerprint density at radius 3 is 2.62 bits per heavy atom. The first kappa shape index (κ1) is 23.5. The van der Waals surface area contributed by atoms with Gasteiger partial charge in [-0.05, 0) is 63.5 Å². The summed E-state index contributed by atoms with van der Waals surface area (Å²) in [5, 5.41) is 3.78. The third kappa shape index (κ3) is 5.37. The normalized spacial score (nSPS) is 11.7. The van der Waals surface area contributed by atoms with E-state index < -0.39 is 0 Å². The van der Waals surface area contributed by atoms with Crippen molar-refractivity contribution in [3.63, 3.8) is 0 Å². The third-order valence-corrected chi connectivity index (χ3v) is 5.23. The number of carbonyl (C=O) groups excluding carboxylic acids is 1. The fraction of sp³-hybridized carbons (Fsp3) is 0.346. The van der Waals surface area contributed by atoms with Gasteiger partial charge >= 0.3 is 0 Å². The monoisotopic (exact) mass is 439 g/mol. The van der Waals surface area contributed by atoms with Crippen molar-refractivity contribution in [1.82, 2.24) is 5.32 Å². The zero-order chi connectivity index (χ0) is 23.1.